The minimum absolute atomic E-state index is 0. The van der Waals surface area contributed by atoms with Crippen molar-refractivity contribution < 1.29 is 9.84 Å². The van der Waals surface area contributed by atoms with E-state index in [1.165, 1.54) is 0 Å². The molecule has 0 unspecified atom stereocenters. The molecule has 3 N–H and O–H groups in total. The third-order valence-corrected chi connectivity index (χ3v) is 3.98. The van der Waals surface area contributed by atoms with Crippen molar-refractivity contribution in [3.05, 3.63) is 52.8 Å². The van der Waals surface area contributed by atoms with Gasteiger partial charge in [0.05, 0.1) is 7.11 Å². The predicted octanol–water partition coefficient (Wildman–Crippen LogP) is 3.41. The Balaban J connectivity index is 0.00000364. The maximum atomic E-state index is 9.64. The Kier molecular flexibility index (Phi) is 10.9. The molecule has 8 heteroatoms. The van der Waals surface area contributed by atoms with Crippen molar-refractivity contribution in [1.82, 2.24) is 15.6 Å². The number of aromatic nitrogens is 1. The summed E-state index contributed by atoms with van der Waals surface area (Å²) in [6.45, 7) is 4.21. The number of ether oxygens (including phenoxy) is 1. The van der Waals surface area contributed by atoms with Gasteiger partial charge in [-0.05, 0) is 49.1 Å². The molecule has 0 spiro atoms. The Morgan fingerprint density at radius 3 is 2.63 bits per heavy atom. The van der Waals surface area contributed by atoms with Gasteiger partial charge in [0.2, 0.25) is 0 Å². The largest absolute Gasteiger partial charge is 0.504 e. The molecule has 2 rings (SSSR count). The molecule has 0 bridgehead atoms. The molecule has 0 saturated heterocycles. The highest BCUT2D eigenvalue weighted by Gasteiger charge is 2.03. The number of benzene rings is 1. The highest BCUT2D eigenvalue weighted by Crippen LogP contribution is 2.26. The molecule has 0 aliphatic rings. The fraction of sp³-hybridized carbons (Fsp3) is 0.368. The van der Waals surface area contributed by atoms with Crippen LogP contribution < -0.4 is 15.4 Å². The zero-order valence-corrected chi connectivity index (χ0v) is 18.6. The Morgan fingerprint density at radius 1 is 1.19 bits per heavy atom. The van der Waals surface area contributed by atoms with E-state index in [-0.39, 0.29) is 29.7 Å². The molecule has 27 heavy (non-hydrogen) atoms. The van der Waals surface area contributed by atoms with Crippen LogP contribution in [0.3, 0.4) is 0 Å². The van der Waals surface area contributed by atoms with E-state index in [1.54, 1.807) is 25.4 Å². The molecule has 148 valence electrons. The molecule has 0 atom stereocenters. The van der Waals surface area contributed by atoms with Crippen LogP contribution in [-0.2, 0) is 12.8 Å². The van der Waals surface area contributed by atoms with E-state index >= 15 is 0 Å². The van der Waals surface area contributed by atoms with E-state index in [2.05, 4.69) is 20.6 Å². The van der Waals surface area contributed by atoms with Crippen molar-refractivity contribution in [3.63, 3.8) is 0 Å². The van der Waals surface area contributed by atoms with Crippen molar-refractivity contribution in [1.29, 1.82) is 0 Å². The van der Waals surface area contributed by atoms with Gasteiger partial charge in [0, 0.05) is 25.8 Å². The minimum atomic E-state index is 0. The second-order valence-electron chi connectivity index (χ2n) is 5.68. The summed E-state index contributed by atoms with van der Waals surface area (Å²) in [7, 11) is 1.54. The van der Waals surface area contributed by atoms with Gasteiger partial charge in [-0.15, -0.1) is 24.0 Å². The molecule has 2 aromatic rings. The number of phenols is 1. The lowest BCUT2D eigenvalue weighted by Gasteiger charge is -2.11. The monoisotopic (exact) mass is 504 g/mol. The molecule has 6 nitrogen and oxygen atoms in total. The highest BCUT2D eigenvalue weighted by molar-refractivity contribution is 14.0. The number of nitrogens with one attached hydrogen (secondary N) is 2. The average molecular weight is 505 g/mol. The standard InChI is InChI=1S/C19H25ClN4O2.HI/c1-3-21-19(23-11-9-15-5-7-18(20)24-13-15)22-10-8-14-4-6-16(25)17(12-14)26-2;/h4-7,12-13,25H,3,8-11H2,1-2H3,(H2,21,22,23);1H. The summed E-state index contributed by atoms with van der Waals surface area (Å²) in [5, 5.41) is 16.7. The summed E-state index contributed by atoms with van der Waals surface area (Å²) in [4.78, 5) is 8.67. The van der Waals surface area contributed by atoms with E-state index in [9.17, 15) is 5.11 Å². The number of methoxy groups -OCH3 is 1. The van der Waals surface area contributed by atoms with Crippen LogP contribution in [-0.4, -0.2) is 42.8 Å². The van der Waals surface area contributed by atoms with Crippen molar-refractivity contribution >= 4 is 41.5 Å². The summed E-state index contributed by atoms with van der Waals surface area (Å²) in [6, 6.07) is 9.11. The van der Waals surface area contributed by atoms with Crippen LogP contribution in [0.4, 0.5) is 0 Å². The lowest BCUT2D eigenvalue weighted by atomic mass is 10.1. The van der Waals surface area contributed by atoms with E-state index < -0.39 is 0 Å². The van der Waals surface area contributed by atoms with Crippen LogP contribution in [0.1, 0.15) is 18.1 Å². The van der Waals surface area contributed by atoms with Crippen molar-refractivity contribution in [2.75, 3.05) is 26.7 Å². The Morgan fingerprint density at radius 2 is 1.96 bits per heavy atom. The maximum absolute atomic E-state index is 9.64. The van der Waals surface area contributed by atoms with Gasteiger partial charge in [-0.3, -0.25) is 4.99 Å². The molecule has 0 saturated carbocycles. The van der Waals surface area contributed by atoms with Gasteiger partial charge >= 0.3 is 0 Å². The Hall–Kier alpha value is -1.74. The van der Waals surface area contributed by atoms with Crippen LogP contribution in [0.15, 0.2) is 41.5 Å². The van der Waals surface area contributed by atoms with Gasteiger partial charge in [-0.2, -0.15) is 0 Å². The molecular weight excluding hydrogens is 479 g/mol. The lowest BCUT2D eigenvalue weighted by molar-refractivity contribution is 0.373. The third-order valence-electron chi connectivity index (χ3n) is 3.75. The number of rotatable bonds is 8. The number of hydrogen-bond acceptors (Lipinski definition) is 4. The van der Waals surface area contributed by atoms with Crippen molar-refractivity contribution in [2.24, 2.45) is 4.99 Å². The summed E-state index contributed by atoms with van der Waals surface area (Å²) in [6.07, 6.45) is 3.38. The first kappa shape index (κ1) is 23.3. The van der Waals surface area contributed by atoms with Gasteiger partial charge < -0.3 is 20.5 Å². The number of halogens is 2. The van der Waals surface area contributed by atoms with Crippen LogP contribution >= 0.6 is 35.6 Å². The number of nitrogens with zero attached hydrogens (tertiary/aromatic N) is 2. The molecule has 1 aromatic heterocycles. The van der Waals surface area contributed by atoms with Crippen LogP contribution in [0.5, 0.6) is 11.5 Å². The van der Waals surface area contributed by atoms with Gasteiger partial charge in [-0.1, -0.05) is 23.7 Å². The van der Waals surface area contributed by atoms with Crippen LogP contribution in [0.2, 0.25) is 5.15 Å². The van der Waals surface area contributed by atoms with Gasteiger partial charge in [0.25, 0.3) is 0 Å². The fourth-order valence-corrected chi connectivity index (χ4v) is 2.51. The zero-order chi connectivity index (χ0) is 18.8. The third kappa shape index (κ3) is 8.21. The summed E-state index contributed by atoms with van der Waals surface area (Å²) < 4.78 is 5.13. The molecule has 1 aromatic carbocycles. The maximum Gasteiger partial charge on any atom is 0.191 e. The highest BCUT2D eigenvalue weighted by atomic mass is 127. The van der Waals surface area contributed by atoms with Crippen molar-refractivity contribution in [3.8, 4) is 11.5 Å². The predicted molar refractivity (Wildman–Crippen MR) is 121 cm³/mol. The van der Waals surface area contributed by atoms with Gasteiger partial charge in [0.15, 0.2) is 17.5 Å². The molecule has 0 aliphatic heterocycles. The molecule has 0 amide bonds. The zero-order valence-electron chi connectivity index (χ0n) is 15.5. The van der Waals surface area contributed by atoms with E-state index in [0.29, 0.717) is 17.4 Å². The van der Waals surface area contributed by atoms with E-state index in [4.69, 9.17) is 16.3 Å². The summed E-state index contributed by atoms with van der Waals surface area (Å²) in [5.41, 5.74) is 2.18. The second kappa shape index (κ2) is 12.6. The average Bonchev–Trinajstić information content (AvgIpc) is 2.64. The number of hydrogen-bond donors (Lipinski definition) is 3. The Labute approximate surface area is 182 Å². The molecular formula is C19H26ClIN4O2. The number of phenolic OH excluding ortho intramolecular Hbond substituents is 1. The molecule has 0 aliphatic carbocycles. The molecule has 0 radical (unpaired) electrons. The number of aliphatic imine (C=N–C) groups is 1. The first-order valence-electron chi connectivity index (χ1n) is 8.61. The van der Waals surface area contributed by atoms with Gasteiger partial charge in [-0.25, -0.2) is 4.98 Å². The number of aromatic hydroxyl groups is 1. The first-order valence-corrected chi connectivity index (χ1v) is 8.98. The van der Waals surface area contributed by atoms with Gasteiger partial charge in [0.1, 0.15) is 5.15 Å². The Bertz CT molecular complexity index is 726. The molecule has 0 fully saturated rings. The van der Waals surface area contributed by atoms with E-state index in [1.807, 2.05) is 25.1 Å². The quantitative estimate of drug-likeness (QED) is 0.222. The first-order chi connectivity index (χ1) is 12.6. The van der Waals surface area contributed by atoms with E-state index in [0.717, 1.165) is 43.0 Å². The number of guanidine groups is 1. The summed E-state index contributed by atoms with van der Waals surface area (Å²) in [5.74, 6) is 1.40. The SMILES string of the molecule is CCNC(=NCCc1ccc(O)c(OC)c1)NCCc1ccc(Cl)nc1.I. The topological polar surface area (TPSA) is 78.8 Å². The minimum Gasteiger partial charge on any atom is -0.504 e. The van der Waals surface area contributed by atoms with Crippen molar-refractivity contribution in [2.45, 2.75) is 19.8 Å². The number of pyridine rings is 1. The molecule has 1 heterocycles. The van der Waals surface area contributed by atoms with Crippen LogP contribution in [0, 0.1) is 0 Å². The van der Waals surface area contributed by atoms with Crippen LogP contribution in [0.25, 0.3) is 0 Å². The smallest absolute Gasteiger partial charge is 0.191 e. The summed E-state index contributed by atoms with van der Waals surface area (Å²) >= 11 is 5.80. The fourth-order valence-electron chi connectivity index (χ4n) is 2.40. The normalized spacial score (nSPS) is 10.9. The lowest BCUT2D eigenvalue weighted by Crippen LogP contribution is -2.38. The second-order valence-corrected chi connectivity index (χ2v) is 6.07.